The van der Waals surface area contributed by atoms with Crippen molar-refractivity contribution in [3.63, 3.8) is 0 Å². The zero-order valence-corrected chi connectivity index (χ0v) is 19.1. The number of nitrogens with zero attached hydrogens (tertiary/aromatic N) is 1. The van der Waals surface area contributed by atoms with Crippen LogP contribution in [-0.2, 0) is 21.4 Å². The fourth-order valence-electron chi connectivity index (χ4n) is 3.74. The van der Waals surface area contributed by atoms with Crippen molar-refractivity contribution in [2.24, 2.45) is 0 Å². The summed E-state index contributed by atoms with van der Waals surface area (Å²) in [7, 11) is -1.000. The zero-order chi connectivity index (χ0) is 22.9. The minimum absolute atomic E-state index is 0.0286. The van der Waals surface area contributed by atoms with Crippen molar-refractivity contribution in [1.29, 1.82) is 0 Å². The fraction of sp³-hybridized carbons (Fsp3) is 0.125. The Kier molecular flexibility index (Phi) is 5.95. The number of fused-ring (bicyclic) bond motifs is 1. The number of likely N-dealkylation sites (N-methyl/N-ethyl adjacent to an activating group) is 1. The molecule has 1 heterocycles. The molecule has 0 aromatic heterocycles. The van der Waals surface area contributed by atoms with Gasteiger partial charge in [-0.25, -0.2) is 8.42 Å². The third-order valence-corrected chi connectivity index (χ3v) is 7.36. The first-order valence-electron chi connectivity index (χ1n) is 9.83. The van der Waals surface area contributed by atoms with Crippen LogP contribution in [-0.4, -0.2) is 32.8 Å². The smallest absolute Gasteiger partial charge is 0.269 e. The number of ether oxygens (including phenoxy) is 1. The van der Waals surface area contributed by atoms with Gasteiger partial charge in [0.15, 0.2) is 0 Å². The highest BCUT2D eigenvalue weighted by molar-refractivity contribution is 7.89. The molecule has 0 saturated heterocycles. The molecule has 164 valence electrons. The molecule has 0 bridgehead atoms. The van der Waals surface area contributed by atoms with Gasteiger partial charge in [0.1, 0.15) is 11.4 Å². The van der Waals surface area contributed by atoms with E-state index < -0.39 is 15.9 Å². The maximum absolute atomic E-state index is 13.4. The van der Waals surface area contributed by atoms with Gasteiger partial charge >= 0.3 is 0 Å². The van der Waals surface area contributed by atoms with E-state index in [0.717, 1.165) is 9.87 Å². The minimum atomic E-state index is -3.94. The van der Waals surface area contributed by atoms with E-state index in [1.165, 1.54) is 19.2 Å². The Labute approximate surface area is 192 Å². The molecule has 0 saturated carbocycles. The van der Waals surface area contributed by atoms with Crippen LogP contribution in [0.15, 0.2) is 83.4 Å². The monoisotopic (exact) mass is 468 g/mol. The molecule has 0 radical (unpaired) electrons. The lowest BCUT2D eigenvalue weighted by Gasteiger charge is -2.31. The molecule has 0 aliphatic carbocycles. The predicted octanol–water partition coefficient (Wildman–Crippen LogP) is 4.06. The van der Waals surface area contributed by atoms with Crippen molar-refractivity contribution < 1.29 is 17.9 Å². The molecule has 6 nitrogen and oxygen atoms in total. The van der Waals surface area contributed by atoms with Gasteiger partial charge < -0.3 is 10.1 Å². The summed E-state index contributed by atoms with van der Waals surface area (Å²) >= 11 is 6.22. The maximum Gasteiger partial charge on any atom is 0.269 e. The Balaban J connectivity index is 1.86. The van der Waals surface area contributed by atoms with Crippen LogP contribution in [0.1, 0.15) is 16.7 Å². The van der Waals surface area contributed by atoms with Crippen molar-refractivity contribution in [1.82, 2.24) is 9.62 Å². The number of methoxy groups -OCH3 is 1. The summed E-state index contributed by atoms with van der Waals surface area (Å²) in [6.07, 6.45) is 0. The van der Waals surface area contributed by atoms with Gasteiger partial charge in [0, 0.05) is 35.3 Å². The number of rotatable bonds is 5. The normalized spacial score (nSPS) is 14.7. The van der Waals surface area contributed by atoms with Crippen LogP contribution < -0.4 is 10.1 Å². The van der Waals surface area contributed by atoms with E-state index in [-0.39, 0.29) is 17.1 Å². The molecular formula is C24H21ClN2O4S. The van der Waals surface area contributed by atoms with E-state index in [1.807, 2.05) is 48.5 Å². The molecule has 3 aromatic rings. The van der Waals surface area contributed by atoms with Crippen molar-refractivity contribution >= 4 is 33.1 Å². The van der Waals surface area contributed by atoms with Crippen LogP contribution in [0.3, 0.4) is 0 Å². The Hall–Kier alpha value is -3.29. The summed E-state index contributed by atoms with van der Waals surface area (Å²) in [4.78, 5) is 13.5. The number of benzene rings is 3. The average molecular weight is 469 g/mol. The van der Waals surface area contributed by atoms with E-state index in [9.17, 15) is 13.2 Å². The van der Waals surface area contributed by atoms with E-state index in [1.54, 1.807) is 19.2 Å². The second-order valence-corrected chi connectivity index (χ2v) is 9.57. The standard InChI is InChI=1S/C24H21ClN2O4S/c1-27-23(24(28)26-15-17-10-6-7-11-20(17)31-2)22(16-8-4-3-5-9-16)19-14-18(25)12-13-21(19)32(27,29)30/h3-14H,15H2,1-2H3,(H,26,28). The van der Waals surface area contributed by atoms with Crippen LogP contribution in [0.5, 0.6) is 5.75 Å². The van der Waals surface area contributed by atoms with Gasteiger partial charge in [0.05, 0.1) is 12.0 Å². The zero-order valence-electron chi connectivity index (χ0n) is 17.5. The lowest BCUT2D eigenvalue weighted by atomic mass is 9.95. The number of nitrogens with one attached hydrogen (secondary N) is 1. The lowest BCUT2D eigenvalue weighted by Crippen LogP contribution is -2.39. The number of hydrogen-bond acceptors (Lipinski definition) is 4. The van der Waals surface area contributed by atoms with Crippen molar-refractivity contribution in [3.05, 3.63) is 100 Å². The molecule has 1 aliphatic rings. The van der Waals surface area contributed by atoms with Gasteiger partial charge in [-0.1, -0.05) is 60.1 Å². The number of hydrogen-bond donors (Lipinski definition) is 1. The molecule has 1 aliphatic heterocycles. The third-order valence-electron chi connectivity index (χ3n) is 5.31. The second kappa shape index (κ2) is 8.68. The van der Waals surface area contributed by atoms with Crippen LogP contribution in [0.25, 0.3) is 5.57 Å². The second-order valence-electron chi connectivity index (χ2n) is 7.20. The Morgan fingerprint density at radius 1 is 1.03 bits per heavy atom. The first kappa shape index (κ1) is 21.9. The Morgan fingerprint density at radius 3 is 2.44 bits per heavy atom. The van der Waals surface area contributed by atoms with E-state index >= 15 is 0 Å². The van der Waals surface area contributed by atoms with Crippen LogP contribution in [0.4, 0.5) is 0 Å². The number of carbonyl (C=O) groups excluding carboxylic acids is 1. The van der Waals surface area contributed by atoms with Crippen LogP contribution in [0, 0.1) is 0 Å². The number of sulfonamides is 1. The minimum Gasteiger partial charge on any atom is -0.496 e. The third kappa shape index (κ3) is 3.85. The van der Waals surface area contributed by atoms with Crippen molar-refractivity contribution in [2.45, 2.75) is 11.4 Å². The van der Waals surface area contributed by atoms with E-state index in [0.29, 0.717) is 27.5 Å². The van der Waals surface area contributed by atoms with Gasteiger partial charge in [0.2, 0.25) is 0 Å². The number of halogens is 1. The van der Waals surface area contributed by atoms with Gasteiger partial charge in [-0.2, -0.15) is 0 Å². The summed E-state index contributed by atoms with van der Waals surface area (Å²) in [5.41, 5.74) is 2.40. The predicted molar refractivity (Wildman–Crippen MR) is 124 cm³/mol. The quantitative estimate of drug-likeness (QED) is 0.612. The summed E-state index contributed by atoms with van der Waals surface area (Å²) in [5, 5.41) is 3.22. The summed E-state index contributed by atoms with van der Waals surface area (Å²) in [5.74, 6) is 0.110. The summed E-state index contributed by atoms with van der Waals surface area (Å²) in [6.45, 7) is 0.171. The van der Waals surface area contributed by atoms with Gasteiger partial charge in [-0.05, 0) is 29.8 Å². The maximum atomic E-state index is 13.4. The van der Waals surface area contributed by atoms with Crippen molar-refractivity contribution in [3.8, 4) is 5.75 Å². The Bertz CT molecular complexity index is 1320. The first-order valence-corrected chi connectivity index (χ1v) is 11.6. The molecule has 1 amide bonds. The van der Waals surface area contributed by atoms with Crippen LogP contribution >= 0.6 is 11.6 Å². The molecule has 4 rings (SSSR count). The first-order chi connectivity index (χ1) is 15.3. The Morgan fingerprint density at radius 2 is 1.72 bits per heavy atom. The number of amides is 1. The molecule has 0 atom stereocenters. The van der Waals surface area contributed by atoms with E-state index in [2.05, 4.69) is 5.32 Å². The SMILES string of the molecule is COc1ccccc1CNC(=O)C1=C(c2ccccc2)c2cc(Cl)ccc2S(=O)(=O)N1C. The highest BCUT2D eigenvalue weighted by atomic mass is 35.5. The van der Waals surface area contributed by atoms with Gasteiger partial charge in [0.25, 0.3) is 15.9 Å². The molecule has 32 heavy (non-hydrogen) atoms. The molecule has 0 spiro atoms. The van der Waals surface area contributed by atoms with Gasteiger partial charge in [-0.3, -0.25) is 9.10 Å². The molecule has 1 N–H and O–H groups in total. The van der Waals surface area contributed by atoms with Crippen molar-refractivity contribution in [2.75, 3.05) is 14.2 Å². The fourth-order valence-corrected chi connectivity index (χ4v) is 5.30. The molecule has 0 fully saturated rings. The average Bonchev–Trinajstić information content (AvgIpc) is 2.80. The molecule has 0 unspecified atom stereocenters. The lowest BCUT2D eigenvalue weighted by molar-refractivity contribution is -0.118. The molecular weight excluding hydrogens is 448 g/mol. The molecule has 8 heteroatoms. The largest absolute Gasteiger partial charge is 0.496 e. The highest BCUT2D eigenvalue weighted by Gasteiger charge is 2.38. The van der Waals surface area contributed by atoms with Crippen LogP contribution in [0.2, 0.25) is 5.02 Å². The summed E-state index contributed by atoms with van der Waals surface area (Å²) in [6, 6.07) is 21.1. The number of para-hydroxylation sites is 1. The van der Waals surface area contributed by atoms with E-state index in [4.69, 9.17) is 16.3 Å². The molecule has 3 aromatic carbocycles. The topological polar surface area (TPSA) is 75.7 Å². The number of carbonyl (C=O) groups is 1. The highest BCUT2D eigenvalue weighted by Crippen LogP contribution is 2.40. The van der Waals surface area contributed by atoms with Gasteiger partial charge in [-0.15, -0.1) is 0 Å². The summed E-state index contributed by atoms with van der Waals surface area (Å²) < 4.78 is 32.8.